The highest BCUT2D eigenvalue weighted by atomic mass is 32.2. The van der Waals surface area contributed by atoms with Crippen LogP contribution in [0.15, 0.2) is 55.8 Å². The second kappa shape index (κ2) is 10.5. The summed E-state index contributed by atoms with van der Waals surface area (Å²) in [6.07, 6.45) is 2.35. The Bertz CT molecular complexity index is 1850. The van der Waals surface area contributed by atoms with E-state index in [4.69, 9.17) is 11.5 Å². The summed E-state index contributed by atoms with van der Waals surface area (Å²) < 4.78 is 67.8. The average Bonchev–Trinajstić information content (AvgIpc) is 2.81. The molecule has 4 aromatic rings. The van der Waals surface area contributed by atoms with E-state index in [9.17, 15) is 35.5 Å². The van der Waals surface area contributed by atoms with Crippen molar-refractivity contribution in [1.82, 2.24) is 29.9 Å². The minimum absolute atomic E-state index is 0.0615. The van der Waals surface area contributed by atoms with Crippen LogP contribution in [-0.4, -0.2) is 55.8 Å². The summed E-state index contributed by atoms with van der Waals surface area (Å²) in [5.41, 5.74) is 9.26. The Kier molecular flexibility index (Phi) is 7.33. The number of nitrogen functional groups attached to an aromatic ring is 2. The van der Waals surface area contributed by atoms with Crippen LogP contribution >= 0.6 is 0 Å². The second-order valence-corrected chi connectivity index (χ2v) is 10.5. The minimum Gasteiger partial charge on any atom is -0.369 e. The lowest BCUT2D eigenvalue weighted by atomic mass is 10.1. The van der Waals surface area contributed by atoms with Crippen molar-refractivity contribution >= 4 is 67.6 Å². The summed E-state index contributed by atoms with van der Waals surface area (Å²) in [6, 6.07) is 7.27. The van der Waals surface area contributed by atoms with E-state index in [1.165, 1.54) is 36.4 Å². The van der Waals surface area contributed by atoms with E-state index >= 15 is 0 Å². The lowest BCUT2D eigenvalue weighted by molar-refractivity contribution is 0.480. The number of H-pyrrole nitrogens is 2. The van der Waals surface area contributed by atoms with Gasteiger partial charge in [0, 0.05) is 11.4 Å². The summed E-state index contributed by atoms with van der Waals surface area (Å²) in [4.78, 5) is 40.6. The highest BCUT2D eigenvalue weighted by Crippen LogP contribution is 2.27. The van der Waals surface area contributed by atoms with E-state index in [2.05, 4.69) is 40.5 Å². The zero-order valence-electron chi connectivity index (χ0n) is 19.7. The van der Waals surface area contributed by atoms with Gasteiger partial charge in [0.25, 0.3) is 20.2 Å². The van der Waals surface area contributed by atoms with E-state index in [1.807, 2.05) is 0 Å². The first-order chi connectivity index (χ1) is 18.7. The molecule has 10 N–H and O–H groups in total. The van der Waals surface area contributed by atoms with Crippen LogP contribution in [0, 0.1) is 0 Å². The molecule has 0 spiro atoms. The van der Waals surface area contributed by atoms with Crippen molar-refractivity contribution in [3.05, 3.63) is 68.5 Å². The minimum atomic E-state index is -4.81. The van der Waals surface area contributed by atoms with Crippen LogP contribution in [0.4, 0.5) is 35.2 Å². The predicted octanol–water partition coefficient (Wildman–Crippen LogP) is -0.0414. The lowest BCUT2D eigenvalue weighted by Gasteiger charge is -2.10. The van der Waals surface area contributed by atoms with Gasteiger partial charge in [-0.15, -0.1) is 0 Å². The summed E-state index contributed by atoms with van der Waals surface area (Å²) in [6.45, 7) is 0. The summed E-state index contributed by atoms with van der Waals surface area (Å²) in [5, 5.41) is 5.16. The molecule has 40 heavy (non-hydrogen) atoms. The van der Waals surface area contributed by atoms with Gasteiger partial charge in [-0.05, 0) is 35.4 Å². The number of aromatic nitrogens is 6. The summed E-state index contributed by atoms with van der Waals surface area (Å²) in [5.74, 6) is -0.986. The summed E-state index contributed by atoms with van der Waals surface area (Å²) >= 11 is 0. The van der Waals surface area contributed by atoms with Crippen LogP contribution in [0.1, 0.15) is 11.1 Å². The number of rotatable bonds is 8. The Morgan fingerprint density at radius 3 is 1.38 bits per heavy atom. The van der Waals surface area contributed by atoms with Crippen LogP contribution in [0.2, 0.25) is 0 Å². The third-order valence-electron chi connectivity index (χ3n) is 4.88. The monoisotopic (exact) mass is 590 g/mol. The van der Waals surface area contributed by atoms with Gasteiger partial charge < -0.3 is 22.1 Å². The number of nitrogens with zero attached hydrogens (tertiary/aromatic N) is 4. The number of hydrogen-bond donors (Lipinski definition) is 8. The van der Waals surface area contributed by atoms with Crippen molar-refractivity contribution in [3.63, 3.8) is 0 Å². The molecular weight excluding hydrogens is 572 g/mol. The van der Waals surface area contributed by atoms with Gasteiger partial charge in [0.15, 0.2) is 0 Å². The molecular formula is C20H18N10O8S2. The Morgan fingerprint density at radius 2 is 1.05 bits per heavy atom. The van der Waals surface area contributed by atoms with Crippen molar-refractivity contribution in [2.45, 2.75) is 9.79 Å². The van der Waals surface area contributed by atoms with Crippen molar-refractivity contribution in [2.75, 3.05) is 22.1 Å². The third kappa shape index (κ3) is 6.82. The topological polar surface area (TPSA) is 302 Å². The first kappa shape index (κ1) is 27.8. The standard InChI is InChI=1S/C20H18N10O8S2/c21-15-25-17(29-19(31)27-15)23-11-5-3-9(13(7-11)39(33,34)35)1-2-10-4-6-12(8-14(10)40(36,37)38)24-18-26-16(22)28-20(32)30-18/h1-8H,(H,33,34,35)(H,36,37,38)(H4,21,23,25,27,29,31)(H4,22,24,26,28,30,32)/b2-1+. The average molecular weight is 591 g/mol. The van der Waals surface area contributed by atoms with Gasteiger partial charge in [-0.25, -0.2) is 9.59 Å². The third-order valence-corrected chi connectivity index (χ3v) is 6.69. The van der Waals surface area contributed by atoms with Gasteiger partial charge in [0.1, 0.15) is 9.79 Å². The Morgan fingerprint density at radius 1 is 0.675 bits per heavy atom. The number of benzene rings is 2. The van der Waals surface area contributed by atoms with Crippen LogP contribution in [-0.2, 0) is 20.2 Å². The van der Waals surface area contributed by atoms with E-state index in [1.54, 1.807) is 0 Å². The number of nitrogens with two attached hydrogens (primary N) is 2. The molecule has 0 amide bonds. The molecule has 208 valence electrons. The van der Waals surface area contributed by atoms with E-state index < -0.39 is 41.4 Å². The molecule has 4 rings (SSSR count). The molecule has 0 unspecified atom stereocenters. The van der Waals surface area contributed by atoms with Crippen molar-refractivity contribution in [2.24, 2.45) is 0 Å². The van der Waals surface area contributed by atoms with Crippen molar-refractivity contribution < 1.29 is 25.9 Å². The molecule has 2 aromatic carbocycles. The number of anilines is 6. The smallest absolute Gasteiger partial charge is 0.350 e. The van der Waals surface area contributed by atoms with Crippen LogP contribution < -0.4 is 33.5 Å². The van der Waals surface area contributed by atoms with Gasteiger partial charge in [-0.2, -0.15) is 36.8 Å². The maximum atomic E-state index is 12.1. The molecule has 20 heteroatoms. The van der Waals surface area contributed by atoms with Crippen molar-refractivity contribution in [1.29, 1.82) is 0 Å². The summed E-state index contributed by atoms with van der Waals surface area (Å²) in [7, 11) is -9.62. The number of nitrogens with one attached hydrogen (secondary N) is 4. The van der Waals surface area contributed by atoms with Crippen LogP contribution in [0.25, 0.3) is 12.2 Å². The quantitative estimate of drug-likeness (QED) is 0.0985. The fourth-order valence-electron chi connectivity index (χ4n) is 3.30. The molecule has 0 atom stereocenters. The van der Waals surface area contributed by atoms with Gasteiger partial charge in [-0.3, -0.25) is 19.1 Å². The van der Waals surface area contributed by atoms with E-state index in [-0.39, 0.29) is 46.3 Å². The Labute approximate surface area is 223 Å². The maximum absolute atomic E-state index is 12.1. The molecule has 0 saturated heterocycles. The van der Waals surface area contributed by atoms with Gasteiger partial charge in [-0.1, -0.05) is 24.3 Å². The highest BCUT2D eigenvalue weighted by molar-refractivity contribution is 7.86. The Balaban J connectivity index is 1.70. The first-order valence-corrected chi connectivity index (χ1v) is 13.5. The van der Waals surface area contributed by atoms with Gasteiger partial charge in [0.2, 0.25) is 23.8 Å². The first-order valence-electron chi connectivity index (χ1n) is 10.6. The van der Waals surface area contributed by atoms with Crippen LogP contribution in [0.3, 0.4) is 0 Å². The zero-order valence-corrected chi connectivity index (χ0v) is 21.4. The highest BCUT2D eigenvalue weighted by Gasteiger charge is 2.18. The molecule has 0 aliphatic rings. The van der Waals surface area contributed by atoms with Gasteiger partial charge >= 0.3 is 11.4 Å². The molecule has 0 fully saturated rings. The molecule has 18 nitrogen and oxygen atoms in total. The number of aromatic amines is 2. The lowest BCUT2D eigenvalue weighted by Crippen LogP contribution is -2.16. The van der Waals surface area contributed by atoms with E-state index in [0.29, 0.717) is 0 Å². The maximum Gasteiger partial charge on any atom is 0.350 e. The van der Waals surface area contributed by atoms with E-state index in [0.717, 1.165) is 12.1 Å². The molecule has 0 aliphatic heterocycles. The largest absolute Gasteiger partial charge is 0.369 e. The van der Waals surface area contributed by atoms with Crippen LogP contribution in [0.5, 0.6) is 0 Å². The SMILES string of the molecule is Nc1nc(Nc2ccc(/C=C/c3ccc(Nc4nc(N)[nH]c(=O)n4)cc3S(=O)(=O)O)c(S(=O)(=O)O)c2)nc(=O)[nH]1. The fourth-order valence-corrected chi connectivity index (χ4v) is 4.72. The normalized spacial score (nSPS) is 11.9. The molecule has 2 heterocycles. The second-order valence-electron chi connectivity index (χ2n) is 7.76. The van der Waals surface area contributed by atoms with Gasteiger partial charge in [0.05, 0.1) is 0 Å². The molecule has 0 bridgehead atoms. The predicted molar refractivity (Wildman–Crippen MR) is 142 cm³/mol. The molecule has 0 aliphatic carbocycles. The fraction of sp³-hybridized carbons (Fsp3) is 0. The van der Waals surface area contributed by atoms with Crippen molar-refractivity contribution in [3.8, 4) is 0 Å². The Hall–Kier alpha value is -5.18. The molecule has 0 radical (unpaired) electrons. The number of hydrogen-bond acceptors (Lipinski definition) is 14. The molecule has 0 saturated carbocycles. The molecule has 2 aromatic heterocycles. The zero-order chi connectivity index (χ0) is 29.2.